The van der Waals surface area contributed by atoms with Gasteiger partial charge in [0.25, 0.3) is 5.56 Å². The molecule has 0 aliphatic carbocycles. The van der Waals surface area contributed by atoms with Crippen LogP contribution in [0.3, 0.4) is 0 Å². The van der Waals surface area contributed by atoms with Crippen molar-refractivity contribution >= 4 is 5.69 Å². The molecule has 0 saturated heterocycles. The molecule has 6 heteroatoms. The number of hydrogen-bond donors (Lipinski definition) is 1. The number of rotatable bonds is 6. The zero-order valence-corrected chi connectivity index (χ0v) is 15.9. The first-order valence-electron chi connectivity index (χ1n) is 9.10. The molecule has 4 rings (SSSR count). The van der Waals surface area contributed by atoms with Gasteiger partial charge in [-0.1, -0.05) is 24.3 Å². The summed E-state index contributed by atoms with van der Waals surface area (Å²) in [7, 11) is 1.64. The molecule has 6 nitrogen and oxygen atoms in total. The van der Waals surface area contributed by atoms with Gasteiger partial charge in [0.2, 0.25) is 6.79 Å². The van der Waals surface area contributed by atoms with Gasteiger partial charge in [0.05, 0.1) is 13.7 Å². The largest absolute Gasteiger partial charge is 0.496 e. The minimum atomic E-state index is -0.0564. The van der Waals surface area contributed by atoms with Crippen LogP contribution in [0.5, 0.6) is 17.2 Å². The molecule has 0 fully saturated rings. The number of nitrogens with one attached hydrogen (secondary N) is 1. The summed E-state index contributed by atoms with van der Waals surface area (Å²) in [4.78, 5) is 12.7. The Labute approximate surface area is 163 Å². The molecule has 0 saturated carbocycles. The average Bonchev–Trinajstić information content (AvgIpc) is 3.17. The van der Waals surface area contributed by atoms with Crippen molar-refractivity contribution in [2.24, 2.45) is 0 Å². The van der Waals surface area contributed by atoms with E-state index in [0.717, 1.165) is 39.8 Å². The minimum absolute atomic E-state index is 0.0564. The Morgan fingerprint density at radius 3 is 2.71 bits per heavy atom. The first-order chi connectivity index (χ1) is 13.6. The van der Waals surface area contributed by atoms with Crippen molar-refractivity contribution < 1.29 is 14.2 Å². The lowest BCUT2D eigenvalue weighted by molar-refractivity contribution is 0.174. The molecule has 1 aliphatic rings. The number of methoxy groups -OCH3 is 1. The van der Waals surface area contributed by atoms with Crippen molar-refractivity contribution in [1.82, 2.24) is 4.57 Å². The number of benzene rings is 2. The molecule has 2 heterocycles. The summed E-state index contributed by atoms with van der Waals surface area (Å²) in [6.45, 7) is 3.25. The van der Waals surface area contributed by atoms with Crippen LogP contribution in [0.1, 0.15) is 16.8 Å². The number of anilines is 1. The number of aromatic nitrogens is 1. The second kappa shape index (κ2) is 7.68. The van der Waals surface area contributed by atoms with Gasteiger partial charge in [-0.25, -0.2) is 0 Å². The molecule has 0 radical (unpaired) electrons. The van der Waals surface area contributed by atoms with E-state index in [9.17, 15) is 4.79 Å². The maximum atomic E-state index is 12.7. The molecule has 3 aromatic rings. The molecular formula is C22H22N2O4. The highest BCUT2D eigenvalue weighted by Crippen LogP contribution is 2.32. The number of para-hydroxylation sites is 1. The quantitative estimate of drug-likeness (QED) is 0.711. The number of aryl methyl sites for hydroxylation is 1. The van der Waals surface area contributed by atoms with Crippen LogP contribution in [-0.4, -0.2) is 18.5 Å². The highest BCUT2D eigenvalue weighted by Gasteiger charge is 2.13. The Balaban J connectivity index is 1.50. The lowest BCUT2D eigenvalue weighted by Crippen LogP contribution is -2.23. The molecule has 2 aromatic carbocycles. The average molecular weight is 378 g/mol. The fourth-order valence-electron chi connectivity index (χ4n) is 3.29. The van der Waals surface area contributed by atoms with Crippen molar-refractivity contribution in [2.45, 2.75) is 20.0 Å². The molecular weight excluding hydrogens is 356 g/mol. The summed E-state index contributed by atoms with van der Waals surface area (Å²) in [6.07, 6.45) is 0. The zero-order valence-electron chi connectivity index (χ0n) is 15.9. The predicted octanol–water partition coefficient (Wildman–Crippen LogP) is 3.55. The standard InChI is InChI=1S/C22H22N2O4/c1-15-9-18(23-12-16-7-8-20-21(10-16)28-14-27-20)11-22(25)24(15)13-17-5-3-4-6-19(17)26-2/h3-11,23H,12-14H2,1-2H3. The number of pyridine rings is 1. The molecule has 1 N–H and O–H groups in total. The third-order valence-electron chi connectivity index (χ3n) is 4.79. The molecule has 0 atom stereocenters. The first kappa shape index (κ1) is 18.0. The lowest BCUT2D eigenvalue weighted by Gasteiger charge is -2.15. The van der Waals surface area contributed by atoms with E-state index in [-0.39, 0.29) is 12.4 Å². The van der Waals surface area contributed by atoms with Crippen LogP contribution in [0.2, 0.25) is 0 Å². The van der Waals surface area contributed by atoms with Gasteiger partial charge < -0.3 is 24.1 Å². The van der Waals surface area contributed by atoms with Crippen molar-refractivity contribution in [1.29, 1.82) is 0 Å². The molecule has 144 valence electrons. The maximum absolute atomic E-state index is 12.7. The van der Waals surface area contributed by atoms with Gasteiger partial charge in [0, 0.05) is 29.6 Å². The fourth-order valence-corrected chi connectivity index (χ4v) is 3.29. The Kier molecular flexibility index (Phi) is 4.93. The summed E-state index contributed by atoms with van der Waals surface area (Å²) in [5.74, 6) is 2.29. The van der Waals surface area contributed by atoms with E-state index in [0.29, 0.717) is 13.1 Å². The third kappa shape index (κ3) is 3.67. The van der Waals surface area contributed by atoms with Crippen molar-refractivity contribution in [3.05, 3.63) is 81.8 Å². The Bertz CT molecular complexity index is 1060. The number of nitrogens with zero attached hydrogens (tertiary/aromatic N) is 1. The van der Waals surface area contributed by atoms with Gasteiger partial charge in [-0.15, -0.1) is 0 Å². The van der Waals surface area contributed by atoms with Crippen LogP contribution < -0.4 is 25.1 Å². The van der Waals surface area contributed by atoms with E-state index in [1.54, 1.807) is 17.7 Å². The summed E-state index contributed by atoms with van der Waals surface area (Å²) in [5.41, 5.74) is 3.64. The molecule has 0 bridgehead atoms. The van der Waals surface area contributed by atoms with E-state index >= 15 is 0 Å². The summed E-state index contributed by atoms with van der Waals surface area (Å²) < 4.78 is 17.9. The van der Waals surface area contributed by atoms with Crippen molar-refractivity contribution in [3.8, 4) is 17.2 Å². The second-order valence-corrected chi connectivity index (χ2v) is 6.66. The summed E-state index contributed by atoms with van der Waals surface area (Å²) in [6, 6.07) is 17.2. The second-order valence-electron chi connectivity index (χ2n) is 6.66. The minimum Gasteiger partial charge on any atom is -0.496 e. The SMILES string of the molecule is COc1ccccc1Cn1c(C)cc(NCc2ccc3c(c2)OCO3)cc1=O. The van der Waals surface area contributed by atoms with Gasteiger partial charge in [-0.3, -0.25) is 4.79 Å². The van der Waals surface area contributed by atoms with Crippen LogP contribution in [0.4, 0.5) is 5.69 Å². The summed E-state index contributed by atoms with van der Waals surface area (Å²) >= 11 is 0. The predicted molar refractivity (Wildman–Crippen MR) is 107 cm³/mol. The van der Waals surface area contributed by atoms with Crippen molar-refractivity contribution in [2.75, 3.05) is 19.2 Å². The Hall–Kier alpha value is -3.41. The van der Waals surface area contributed by atoms with Crippen LogP contribution in [0.25, 0.3) is 0 Å². The molecule has 0 spiro atoms. The molecule has 1 aliphatic heterocycles. The highest BCUT2D eigenvalue weighted by atomic mass is 16.7. The van der Waals surface area contributed by atoms with Gasteiger partial charge >= 0.3 is 0 Å². The van der Waals surface area contributed by atoms with Gasteiger partial charge in [0.15, 0.2) is 11.5 Å². The van der Waals surface area contributed by atoms with Crippen LogP contribution in [-0.2, 0) is 13.1 Å². The normalized spacial score (nSPS) is 12.1. The monoisotopic (exact) mass is 378 g/mol. The number of ether oxygens (including phenoxy) is 3. The van der Waals surface area contributed by atoms with E-state index in [1.807, 2.05) is 55.5 Å². The van der Waals surface area contributed by atoms with E-state index in [1.165, 1.54) is 0 Å². The zero-order chi connectivity index (χ0) is 19.5. The van der Waals surface area contributed by atoms with Crippen molar-refractivity contribution in [3.63, 3.8) is 0 Å². The Morgan fingerprint density at radius 1 is 1.07 bits per heavy atom. The smallest absolute Gasteiger partial charge is 0.253 e. The molecule has 0 amide bonds. The molecule has 0 unspecified atom stereocenters. The highest BCUT2D eigenvalue weighted by molar-refractivity contribution is 5.48. The van der Waals surface area contributed by atoms with Crippen LogP contribution in [0.15, 0.2) is 59.4 Å². The fraction of sp³-hybridized carbons (Fsp3) is 0.227. The van der Waals surface area contributed by atoms with Gasteiger partial charge in [-0.05, 0) is 36.8 Å². The van der Waals surface area contributed by atoms with Crippen LogP contribution >= 0.6 is 0 Å². The Morgan fingerprint density at radius 2 is 1.89 bits per heavy atom. The van der Waals surface area contributed by atoms with E-state index in [4.69, 9.17) is 14.2 Å². The maximum Gasteiger partial charge on any atom is 0.253 e. The molecule has 28 heavy (non-hydrogen) atoms. The van der Waals surface area contributed by atoms with E-state index in [2.05, 4.69) is 5.32 Å². The number of fused-ring (bicyclic) bond motifs is 1. The van der Waals surface area contributed by atoms with E-state index < -0.39 is 0 Å². The van der Waals surface area contributed by atoms with Gasteiger partial charge in [-0.2, -0.15) is 0 Å². The lowest BCUT2D eigenvalue weighted by atomic mass is 10.2. The topological polar surface area (TPSA) is 61.7 Å². The first-order valence-corrected chi connectivity index (χ1v) is 9.10. The third-order valence-corrected chi connectivity index (χ3v) is 4.79. The summed E-state index contributed by atoms with van der Waals surface area (Å²) in [5, 5.41) is 3.31. The number of hydrogen-bond acceptors (Lipinski definition) is 5. The molecule has 1 aromatic heterocycles. The van der Waals surface area contributed by atoms with Crippen LogP contribution in [0, 0.1) is 6.92 Å². The van der Waals surface area contributed by atoms with Gasteiger partial charge in [0.1, 0.15) is 5.75 Å².